The normalized spacial score (nSPS) is 34.4. The molecule has 2 bridgehead atoms. The van der Waals surface area contributed by atoms with Crippen LogP contribution in [0.1, 0.15) is 12.8 Å². The first kappa shape index (κ1) is 10.2. The molecule has 2 heterocycles. The molecule has 0 radical (unpaired) electrons. The molecule has 2 rings (SSSR count). The van der Waals surface area contributed by atoms with Crippen molar-refractivity contribution < 1.29 is 14.6 Å². The van der Waals surface area contributed by atoms with Gasteiger partial charge in [0.2, 0.25) is 0 Å². The van der Waals surface area contributed by atoms with Gasteiger partial charge in [0.15, 0.2) is 0 Å². The molecule has 0 amide bonds. The standard InChI is InChI=1S/C9H14ClNO3/c10-8(9(12)13)5-11-3-6-1-2-7(4-11)14-6/h6-8H,1-5H2,(H,12,13). The summed E-state index contributed by atoms with van der Waals surface area (Å²) < 4.78 is 5.64. The van der Waals surface area contributed by atoms with E-state index in [0.29, 0.717) is 18.8 Å². The number of alkyl halides is 1. The van der Waals surface area contributed by atoms with Crippen LogP contribution in [0.25, 0.3) is 0 Å². The summed E-state index contributed by atoms with van der Waals surface area (Å²) >= 11 is 5.68. The first-order valence-electron chi connectivity index (χ1n) is 4.90. The number of morpholine rings is 1. The Labute approximate surface area is 87.8 Å². The topological polar surface area (TPSA) is 49.8 Å². The number of carboxylic acid groups (broad SMARTS) is 1. The minimum absolute atomic E-state index is 0.298. The van der Waals surface area contributed by atoms with Crippen molar-refractivity contribution in [1.82, 2.24) is 4.90 Å². The lowest BCUT2D eigenvalue weighted by atomic mass is 10.2. The summed E-state index contributed by atoms with van der Waals surface area (Å²) in [7, 11) is 0. The van der Waals surface area contributed by atoms with E-state index < -0.39 is 11.3 Å². The number of carbonyl (C=O) groups is 1. The fourth-order valence-electron chi connectivity index (χ4n) is 2.15. The molecule has 1 N–H and O–H groups in total. The van der Waals surface area contributed by atoms with Gasteiger partial charge in [-0.05, 0) is 12.8 Å². The molecule has 2 saturated heterocycles. The molecule has 5 heteroatoms. The van der Waals surface area contributed by atoms with Crippen LogP contribution < -0.4 is 0 Å². The second-order valence-corrected chi connectivity index (χ2v) is 4.51. The van der Waals surface area contributed by atoms with E-state index in [1.807, 2.05) is 0 Å². The van der Waals surface area contributed by atoms with Gasteiger partial charge in [-0.25, -0.2) is 0 Å². The van der Waals surface area contributed by atoms with E-state index >= 15 is 0 Å². The molecule has 0 aliphatic carbocycles. The maximum absolute atomic E-state index is 10.6. The number of aliphatic carboxylic acids is 1. The molecule has 0 aromatic rings. The van der Waals surface area contributed by atoms with Crippen molar-refractivity contribution in [1.29, 1.82) is 0 Å². The summed E-state index contributed by atoms with van der Waals surface area (Å²) in [6, 6.07) is 0. The molecule has 2 aliphatic rings. The third-order valence-electron chi connectivity index (χ3n) is 2.81. The summed E-state index contributed by atoms with van der Waals surface area (Å²) in [5.41, 5.74) is 0. The quantitative estimate of drug-likeness (QED) is 0.704. The van der Waals surface area contributed by atoms with Gasteiger partial charge in [0.1, 0.15) is 5.38 Å². The largest absolute Gasteiger partial charge is 0.480 e. The van der Waals surface area contributed by atoms with E-state index in [9.17, 15) is 4.79 Å². The Morgan fingerprint density at radius 1 is 1.50 bits per heavy atom. The number of ether oxygens (including phenoxy) is 1. The summed E-state index contributed by atoms with van der Waals surface area (Å²) in [4.78, 5) is 12.7. The molecule has 3 unspecified atom stereocenters. The third kappa shape index (κ3) is 2.19. The van der Waals surface area contributed by atoms with E-state index in [1.54, 1.807) is 0 Å². The number of fused-ring (bicyclic) bond motifs is 2. The zero-order valence-corrected chi connectivity index (χ0v) is 8.61. The zero-order chi connectivity index (χ0) is 10.1. The van der Waals surface area contributed by atoms with Crippen LogP contribution in [-0.2, 0) is 9.53 Å². The van der Waals surface area contributed by atoms with Crippen LogP contribution in [0.5, 0.6) is 0 Å². The molecule has 80 valence electrons. The van der Waals surface area contributed by atoms with E-state index in [1.165, 1.54) is 0 Å². The minimum Gasteiger partial charge on any atom is -0.480 e. The van der Waals surface area contributed by atoms with Gasteiger partial charge in [0, 0.05) is 19.6 Å². The first-order valence-corrected chi connectivity index (χ1v) is 5.33. The summed E-state index contributed by atoms with van der Waals surface area (Å²) in [6.07, 6.45) is 2.79. The number of carboxylic acids is 1. The van der Waals surface area contributed by atoms with Crippen molar-refractivity contribution in [3.8, 4) is 0 Å². The van der Waals surface area contributed by atoms with Crippen LogP contribution >= 0.6 is 11.6 Å². The van der Waals surface area contributed by atoms with Crippen molar-refractivity contribution in [3.05, 3.63) is 0 Å². The smallest absolute Gasteiger partial charge is 0.322 e. The predicted octanol–water partition coefficient (Wildman–Crippen LogP) is 0.542. The molecule has 4 nitrogen and oxygen atoms in total. The Morgan fingerprint density at radius 2 is 2.07 bits per heavy atom. The Balaban J connectivity index is 1.84. The Hall–Kier alpha value is -0.320. The number of rotatable bonds is 3. The maximum atomic E-state index is 10.6. The van der Waals surface area contributed by atoms with Crippen LogP contribution in [0.3, 0.4) is 0 Å². The van der Waals surface area contributed by atoms with E-state index in [0.717, 1.165) is 25.9 Å². The van der Waals surface area contributed by atoms with Gasteiger partial charge in [-0.1, -0.05) is 0 Å². The molecule has 0 spiro atoms. The van der Waals surface area contributed by atoms with E-state index in [4.69, 9.17) is 21.4 Å². The van der Waals surface area contributed by atoms with Gasteiger partial charge in [0.05, 0.1) is 12.2 Å². The molecular formula is C9H14ClNO3. The Bertz CT molecular complexity index is 224. The van der Waals surface area contributed by atoms with Crippen LogP contribution in [0, 0.1) is 0 Å². The summed E-state index contributed by atoms with van der Waals surface area (Å²) in [5, 5.41) is 7.87. The number of likely N-dealkylation sites (tertiary alicyclic amines) is 1. The molecule has 0 saturated carbocycles. The summed E-state index contributed by atoms with van der Waals surface area (Å²) in [6.45, 7) is 2.08. The second-order valence-electron chi connectivity index (χ2n) is 3.98. The average molecular weight is 220 g/mol. The van der Waals surface area contributed by atoms with Gasteiger partial charge in [-0.3, -0.25) is 9.69 Å². The number of halogens is 1. The predicted molar refractivity (Wildman–Crippen MR) is 51.6 cm³/mol. The third-order valence-corrected chi connectivity index (χ3v) is 3.13. The molecule has 0 aromatic heterocycles. The average Bonchev–Trinajstić information content (AvgIpc) is 2.45. The van der Waals surface area contributed by atoms with E-state index in [-0.39, 0.29) is 0 Å². The number of nitrogens with zero attached hydrogens (tertiary/aromatic N) is 1. The lowest BCUT2D eigenvalue weighted by molar-refractivity contribution is -0.137. The fourth-order valence-corrected chi connectivity index (χ4v) is 2.35. The molecule has 2 fully saturated rings. The molecule has 3 atom stereocenters. The first-order chi connectivity index (χ1) is 6.65. The Kier molecular flexibility index (Phi) is 2.95. The van der Waals surface area contributed by atoms with Gasteiger partial charge >= 0.3 is 5.97 Å². The molecule has 14 heavy (non-hydrogen) atoms. The van der Waals surface area contributed by atoms with Crippen molar-refractivity contribution in [2.24, 2.45) is 0 Å². The van der Waals surface area contributed by atoms with Crippen molar-refractivity contribution in [2.75, 3.05) is 19.6 Å². The SMILES string of the molecule is O=C(O)C(Cl)CN1CC2CCC(C1)O2. The van der Waals surface area contributed by atoms with Crippen LogP contribution in [0.15, 0.2) is 0 Å². The monoisotopic (exact) mass is 219 g/mol. The van der Waals surface area contributed by atoms with Gasteiger partial charge < -0.3 is 9.84 Å². The highest BCUT2D eigenvalue weighted by Gasteiger charge is 2.34. The highest BCUT2D eigenvalue weighted by atomic mass is 35.5. The lowest BCUT2D eigenvalue weighted by Gasteiger charge is -2.32. The van der Waals surface area contributed by atoms with Gasteiger partial charge in [-0.2, -0.15) is 0 Å². The maximum Gasteiger partial charge on any atom is 0.322 e. The second kappa shape index (κ2) is 4.04. The van der Waals surface area contributed by atoms with Crippen molar-refractivity contribution in [2.45, 2.75) is 30.4 Å². The molecule has 0 aromatic carbocycles. The van der Waals surface area contributed by atoms with Crippen LogP contribution in [0.4, 0.5) is 0 Å². The minimum atomic E-state index is -0.939. The zero-order valence-electron chi connectivity index (χ0n) is 7.86. The molecular weight excluding hydrogens is 206 g/mol. The highest BCUT2D eigenvalue weighted by molar-refractivity contribution is 6.29. The molecule has 2 aliphatic heterocycles. The van der Waals surface area contributed by atoms with E-state index in [2.05, 4.69) is 4.90 Å². The van der Waals surface area contributed by atoms with Crippen molar-refractivity contribution in [3.63, 3.8) is 0 Å². The van der Waals surface area contributed by atoms with Crippen LogP contribution in [-0.4, -0.2) is 53.2 Å². The van der Waals surface area contributed by atoms with Gasteiger partial charge in [0.25, 0.3) is 0 Å². The Morgan fingerprint density at radius 3 is 2.57 bits per heavy atom. The lowest BCUT2D eigenvalue weighted by Crippen LogP contribution is -2.46. The fraction of sp³-hybridized carbons (Fsp3) is 0.889. The summed E-state index contributed by atoms with van der Waals surface area (Å²) in [5.74, 6) is -0.939. The van der Waals surface area contributed by atoms with Crippen molar-refractivity contribution >= 4 is 17.6 Å². The number of hydrogen-bond donors (Lipinski definition) is 1. The van der Waals surface area contributed by atoms with Crippen LogP contribution in [0.2, 0.25) is 0 Å². The van der Waals surface area contributed by atoms with Gasteiger partial charge in [-0.15, -0.1) is 11.6 Å². The highest BCUT2D eigenvalue weighted by Crippen LogP contribution is 2.26. The number of hydrogen-bond acceptors (Lipinski definition) is 3.